The molecule has 142 valence electrons. The van der Waals surface area contributed by atoms with E-state index < -0.39 is 0 Å². The molecule has 4 heterocycles. The number of guanidine groups is 1. The van der Waals surface area contributed by atoms with E-state index in [1.54, 1.807) is 0 Å². The summed E-state index contributed by atoms with van der Waals surface area (Å²) in [4.78, 5) is 10.2. The minimum atomic E-state index is 0.533. The van der Waals surface area contributed by atoms with E-state index in [1.807, 2.05) is 0 Å². The van der Waals surface area contributed by atoms with Crippen LogP contribution in [0.15, 0.2) is 4.99 Å². The second-order valence-electron chi connectivity index (χ2n) is 8.50. The molecule has 0 aliphatic carbocycles. The lowest BCUT2D eigenvalue weighted by Gasteiger charge is -2.31. The number of likely N-dealkylation sites (tertiary alicyclic amines) is 2. The molecule has 4 rings (SSSR count). The molecule has 0 amide bonds. The lowest BCUT2D eigenvalue weighted by molar-refractivity contribution is 0.0767. The van der Waals surface area contributed by atoms with Gasteiger partial charge in [0.25, 0.3) is 0 Å². The third kappa shape index (κ3) is 3.68. The second kappa shape index (κ2) is 7.83. The maximum absolute atomic E-state index is 6.12. The average Bonchev–Trinajstić information content (AvgIpc) is 3.33. The fraction of sp³-hybridized carbons (Fsp3) is 0.950. The number of aliphatic imine (C=N–C) groups is 1. The molecule has 1 N–H and O–H groups in total. The molecule has 4 saturated heterocycles. The van der Waals surface area contributed by atoms with Crippen molar-refractivity contribution in [2.24, 2.45) is 22.7 Å². The molecular formula is C20H36N4O. The highest BCUT2D eigenvalue weighted by Crippen LogP contribution is 2.47. The Hall–Kier alpha value is -0.810. The minimum absolute atomic E-state index is 0.533. The van der Waals surface area contributed by atoms with E-state index in [1.165, 1.54) is 51.7 Å². The summed E-state index contributed by atoms with van der Waals surface area (Å²) in [6.45, 7) is 12.5. The summed E-state index contributed by atoms with van der Waals surface area (Å²) in [6, 6.07) is 0. The van der Waals surface area contributed by atoms with Gasteiger partial charge in [0.05, 0.1) is 12.2 Å². The van der Waals surface area contributed by atoms with Crippen LogP contribution in [0.2, 0.25) is 0 Å². The SMILES string of the molecule is CCCN1CCC(CN=C(NCC)N2CC3C4CCC(O4)C3C2)CC1. The predicted molar refractivity (Wildman–Crippen MR) is 102 cm³/mol. The van der Waals surface area contributed by atoms with Gasteiger partial charge in [0.1, 0.15) is 0 Å². The van der Waals surface area contributed by atoms with E-state index in [0.717, 1.165) is 49.9 Å². The first-order valence-corrected chi connectivity index (χ1v) is 10.7. The number of piperidine rings is 1. The van der Waals surface area contributed by atoms with Crippen LogP contribution in [0.4, 0.5) is 0 Å². The summed E-state index contributed by atoms with van der Waals surface area (Å²) in [5.41, 5.74) is 0. The summed E-state index contributed by atoms with van der Waals surface area (Å²) < 4.78 is 6.12. The van der Waals surface area contributed by atoms with Crippen molar-refractivity contribution in [1.29, 1.82) is 0 Å². The van der Waals surface area contributed by atoms with Gasteiger partial charge in [-0.15, -0.1) is 0 Å². The molecule has 5 nitrogen and oxygen atoms in total. The maximum Gasteiger partial charge on any atom is 0.193 e. The predicted octanol–water partition coefficient (Wildman–Crippen LogP) is 2.18. The molecule has 4 aliphatic heterocycles. The van der Waals surface area contributed by atoms with Gasteiger partial charge in [0.15, 0.2) is 5.96 Å². The smallest absolute Gasteiger partial charge is 0.193 e. The Bertz CT molecular complexity index is 456. The zero-order valence-corrected chi connectivity index (χ0v) is 16.1. The third-order valence-electron chi connectivity index (χ3n) is 6.83. The van der Waals surface area contributed by atoms with Crippen molar-refractivity contribution in [3.05, 3.63) is 0 Å². The Labute approximate surface area is 153 Å². The van der Waals surface area contributed by atoms with Crippen LogP contribution in [0, 0.1) is 17.8 Å². The van der Waals surface area contributed by atoms with Crippen LogP contribution in [-0.2, 0) is 4.74 Å². The van der Waals surface area contributed by atoms with Crippen LogP contribution in [-0.4, -0.2) is 73.8 Å². The molecule has 0 aromatic heterocycles. The van der Waals surface area contributed by atoms with Crippen LogP contribution >= 0.6 is 0 Å². The van der Waals surface area contributed by atoms with Crippen molar-refractivity contribution < 1.29 is 4.74 Å². The summed E-state index contributed by atoms with van der Waals surface area (Å²) in [6.07, 6.45) is 7.53. The molecule has 0 saturated carbocycles. The molecule has 0 aromatic rings. The maximum atomic E-state index is 6.12. The van der Waals surface area contributed by atoms with Gasteiger partial charge in [-0.05, 0) is 64.6 Å². The van der Waals surface area contributed by atoms with Crippen LogP contribution in [0.1, 0.15) is 46.0 Å². The van der Waals surface area contributed by atoms with Crippen LogP contribution < -0.4 is 5.32 Å². The van der Waals surface area contributed by atoms with Crippen LogP contribution in [0.25, 0.3) is 0 Å². The van der Waals surface area contributed by atoms with Crippen molar-refractivity contribution >= 4 is 5.96 Å². The Kier molecular flexibility index (Phi) is 5.51. The Balaban J connectivity index is 1.32. The molecule has 4 atom stereocenters. The standard InChI is InChI=1S/C20H36N4O/c1-3-9-23-10-7-15(8-11-23)12-22-20(21-4-2)24-13-16-17(14-24)19-6-5-18(16)25-19/h15-19H,3-14H2,1-2H3,(H,21,22). The summed E-state index contributed by atoms with van der Waals surface area (Å²) in [5.74, 6) is 3.43. The molecule has 25 heavy (non-hydrogen) atoms. The lowest BCUT2D eigenvalue weighted by Crippen LogP contribution is -2.42. The van der Waals surface area contributed by atoms with E-state index in [9.17, 15) is 0 Å². The fourth-order valence-electron chi connectivity index (χ4n) is 5.48. The van der Waals surface area contributed by atoms with Gasteiger partial charge in [-0.2, -0.15) is 0 Å². The van der Waals surface area contributed by atoms with E-state index in [4.69, 9.17) is 9.73 Å². The van der Waals surface area contributed by atoms with Crippen molar-refractivity contribution in [2.45, 2.75) is 58.2 Å². The number of nitrogens with one attached hydrogen (secondary N) is 1. The number of rotatable bonds is 5. The monoisotopic (exact) mass is 348 g/mol. The van der Waals surface area contributed by atoms with Gasteiger partial charge >= 0.3 is 0 Å². The second-order valence-corrected chi connectivity index (χ2v) is 8.50. The van der Waals surface area contributed by atoms with Gasteiger partial charge in [-0.1, -0.05) is 6.92 Å². The summed E-state index contributed by atoms with van der Waals surface area (Å²) in [7, 11) is 0. The van der Waals surface area contributed by atoms with E-state index in [0.29, 0.717) is 12.2 Å². The van der Waals surface area contributed by atoms with Crippen molar-refractivity contribution in [3.8, 4) is 0 Å². The molecule has 4 aliphatic rings. The highest BCUT2D eigenvalue weighted by atomic mass is 16.5. The number of fused-ring (bicyclic) bond motifs is 5. The Morgan fingerprint density at radius 3 is 2.32 bits per heavy atom. The van der Waals surface area contributed by atoms with Gasteiger partial charge in [-0.25, -0.2) is 0 Å². The molecule has 0 spiro atoms. The number of hydrogen-bond acceptors (Lipinski definition) is 3. The number of ether oxygens (including phenoxy) is 1. The molecule has 2 bridgehead atoms. The molecular weight excluding hydrogens is 312 g/mol. The van der Waals surface area contributed by atoms with E-state index in [-0.39, 0.29) is 0 Å². The highest BCUT2D eigenvalue weighted by molar-refractivity contribution is 5.80. The van der Waals surface area contributed by atoms with Crippen molar-refractivity contribution in [1.82, 2.24) is 15.1 Å². The van der Waals surface area contributed by atoms with E-state index in [2.05, 4.69) is 29.0 Å². The molecule has 5 heteroatoms. The number of nitrogens with zero attached hydrogens (tertiary/aromatic N) is 3. The lowest BCUT2D eigenvalue weighted by atomic mass is 9.82. The molecule has 0 radical (unpaired) electrons. The van der Waals surface area contributed by atoms with Crippen LogP contribution in [0.3, 0.4) is 0 Å². The van der Waals surface area contributed by atoms with Crippen molar-refractivity contribution in [2.75, 3.05) is 45.8 Å². The third-order valence-corrected chi connectivity index (χ3v) is 6.83. The zero-order chi connectivity index (χ0) is 17.2. The Morgan fingerprint density at radius 2 is 1.72 bits per heavy atom. The first-order valence-electron chi connectivity index (χ1n) is 10.7. The van der Waals surface area contributed by atoms with Gasteiger partial charge < -0.3 is 19.9 Å². The van der Waals surface area contributed by atoms with Crippen molar-refractivity contribution in [3.63, 3.8) is 0 Å². The van der Waals surface area contributed by atoms with E-state index >= 15 is 0 Å². The highest BCUT2D eigenvalue weighted by Gasteiger charge is 2.53. The normalized spacial score (nSPS) is 36.2. The van der Waals surface area contributed by atoms with Gasteiger partial charge in [-0.3, -0.25) is 4.99 Å². The minimum Gasteiger partial charge on any atom is -0.374 e. The Morgan fingerprint density at radius 1 is 1.04 bits per heavy atom. The summed E-state index contributed by atoms with van der Waals surface area (Å²) >= 11 is 0. The number of hydrogen-bond donors (Lipinski definition) is 1. The quantitative estimate of drug-likeness (QED) is 0.611. The van der Waals surface area contributed by atoms with Crippen LogP contribution in [0.5, 0.6) is 0 Å². The topological polar surface area (TPSA) is 40.1 Å². The van der Waals surface area contributed by atoms with Gasteiger partial charge in [0.2, 0.25) is 0 Å². The first kappa shape index (κ1) is 17.6. The summed E-state index contributed by atoms with van der Waals surface area (Å²) in [5, 5.41) is 3.56. The average molecular weight is 349 g/mol. The first-order chi connectivity index (χ1) is 12.3. The molecule has 4 unspecified atom stereocenters. The molecule has 0 aromatic carbocycles. The fourth-order valence-corrected chi connectivity index (χ4v) is 5.48. The molecule has 4 fully saturated rings. The van der Waals surface area contributed by atoms with Gasteiger partial charge in [0, 0.05) is 38.0 Å². The zero-order valence-electron chi connectivity index (χ0n) is 16.1. The largest absolute Gasteiger partial charge is 0.374 e.